The predicted molar refractivity (Wildman–Crippen MR) is 59.2 cm³/mol. The molecule has 0 bridgehead atoms. The van der Waals surface area contributed by atoms with E-state index < -0.39 is 0 Å². The van der Waals surface area contributed by atoms with E-state index in [2.05, 4.69) is 15.6 Å². The quantitative estimate of drug-likeness (QED) is 0.710. The zero-order valence-corrected chi connectivity index (χ0v) is 9.10. The van der Waals surface area contributed by atoms with E-state index >= 15 is 0 Å². The number of aromatic amines is 1. The summed E-state index contributed by atoms with van der Waals surface area (Å²) < 4.78 is 0. The third-order valence-electron chi connectivity index (χ3n) is 2.52. The van der Waals surface area contributed by atoms with Gasteiger partial charge in [0.1, 0.15) is 5.69 Å². The van der Waals surface area contributed by atoms with Crippen LogP contribution in [0.3, 0.4) is 0 Å². The first-order valence-electron chi connectivity index (χ1n) is 5.11. The fraction of sp³-hybridized carbons (Fsp3) is 0.500. The van der Waals surface area contributed by atoms with Gasteiger partial charge in [-0.3, -0.25) is 4.79 Å². The molecule has 5 heteroatoms. The van der Waals surface area contributed by atoms with Crippen LogP contribution < -0.4 is 10.6 Å². The Morgan fingerprint density at radius 3 is 3.07 bits per heavy atom. The molecule has 1 unspecified atom stereocenters. The van der Waals surface area contributed by atoms with E-state index in [1.54, 1.807) is 12.3 Å². The topological polar surface area (TPSA) is 56.9 Å². The molecule has 1 amide bonds. The van der Waals surface area contributed by atoms with E-state index in [-0.39, 0.29) is 11.9 Å². The fourth-order valence-corrected chi connectivity index (χ4v) is 1.90. The Bertz CT molecular complexity index is 344. The van der Waals surface area contributed by atoms with Crippen LogP contribution in [0.4, 0.5) is 0 Å². The first-order chi connectivity index (χ1) is 7.25. The molecule has 4 nitrogen and oxygen atoms in total. The molecule has 0 radical (unpaired) electrons. The van der Waals surface area contributed by atoms with E-state index in [0.717, 1.165) is 25.9 Å². The lowest BCUT2D eigenvalue weighted by Gasteiger charge is -2.23. The summed E-state index contributed by atoms with van der Waals surface area (Å²) in [4.78, 5) is 14.5. The number of nitrogens with one attached hydrogen (secondary N) is 3. The molecule has 2 rings (SSSR count). The second-order valence-electron chi connectivity index (χ2n) is 3.75. The van der Waals surface area contributed by atoms with Crippen LogP contribution in [-0.4, -0.2) is 30.0 Å². The maximum Gasteiger partial charge on any atom is 0.268 e. The number of piperidine rings is 1. The lowest BCUT2D eigenvalue weighted by Crippen LogP contribution is -2.45. The summed E-state index contributed by atoms with van der Waals surface area (Å²) in [6.07, 6.45) is 3.75. The highest BCUT2D eigenvalue weighted by Crippen LogP contribution is 2.10. The van der Waals surface area contributed by atoms with Crippen LogP contribution in [0.2, 0.25) is 5.02 Å². The number of amides is 1. The van der Waals surface area contributed by atoms with Gasteiger partial charge in [-0.1, -0.05) is 11.6 Å². The highest BCUT2D eigenvalue weighted by Gasteiger charge is 2.16. The van der Waals surface area contributed by atoms with Crippen LogP contribution in [-0.2, 0) is 0 Å². The second-order valence-corrected chi connectivity index (χ2v) is 4.18. The Hall–Kier alpha value is -1.00. The van der Waals surface area contributed by atoms with Gasteiger partial charge >= 0.3 is 0 Å². The molecule has 1 atom stereocenters. The van der Waals surface area contributed by atoms with Gasteiger partial charge in [0.15, 0.2) is 0 Å². The number of hydrogen-bond acceptors (Lipinski definition) is 2. The van der Waals surface area contributed by atoms with E-state index in [4.69, 9.17) is 11.6 Å². The lowest BCUT2D eigenvalue weighted by molar-refractivity contribution is 0.0926. The van der Waals surface area contributed by atoms with Crippen molar-refractivity contribution < 1.29 is 4.79 Å². The summed E-state index contributed by atoms with van der Waals surface area (Å²) in [5.41, 5.74) is 0.519. The van der Waals surface area contributed by atoms with Gasteiger partial charge in [-0.05, 0) is 25.5 Å². The Balaban J connectivity index is 1.91. The van der Waals surface area contributed by atoms with Gasteiger partial charge in [0.25, 0.3) is 5.91 Å². The minimum Gasteiger partial charge on any atom is -0.356 e. The maximum atomic E-state index is 11.7. The minimum absolute atomic E-state index is 0.0874. The monoisotopic (exact) mass is 227 g/mol. The molecular weight excluding hydrogens is 214 g/mol. The molecule has 1 saturated heterocycles. The molecule has 1 aromatic rings. The number of aromatic nitrogens is 1. The minimum atomic E-state index is -0.0874. The summed E-state index contributed by atoms with van der Waals surface area (Å²) in [6.45, 7) is 1.89. The molecule has 3 N–H and O–H groups in total. The Labute approximate surface area is 93.4 Å². The predicted octanol–water partition coefficient (Wildman–Crippen LogP) is 1.15. The van der Waals surface area contributed by atoms with Crippen molar-refractivity contribution in [1.29, 1.82) is 0 Å². The fourth-order valence-electron chi connectivity index (χ4n) is 1.74. The normalized spacial score (nSPS) is 21.3. The number of carbonyl (C=O) groups is 1. The van der Waals surface area contributed by atoms with Crippen molar-refractivity contribution in [3.8, 4) is 0 Å². The van der Waals surface area contributed by atoms with Crippen molar-refractivity contribution in [2.45, 2.75) is 18.9 Å². The van der Waals surface area contributed by atoms with Gasteiger partial charge in [0.2, 0.25) is 0 Å². The van der Waals surface area contributed by atoms with Gasteiger partial charge < -0.3 is 15.6 Å². The average Bonchev–Trinajstić information content (AvgIpc) is 2.66. The first kappa shape index (κ1) is 10.5. The van der Waals surface area contributed by atoms with Crippen LogP contribution in [0.25, 0.3) is 0 Å². The van der Waals surface area contributed by atoms with E-state index in [1.165, 1.54) is 0 Å². The summed E-state index contributed by atoms with van der Waals surface area (Å²) in [5, 5.41) is 6.76. The van der Waals surface area contributed by atoms with Crippen LogP contribution >= 0.6 is 11.6 Å². The third kappa shape index (κ3) is 2.73. The highest BCUT2D eigenvalue weighted by atomic mass is 35.5. The second kappa shape index (κ2) is 4.68. The number of rotatable bonds is 2. The van der Waals surface area contributed by atoms with Crippen molar-refractivity contribution in [2.24, 2.45) is 0 Å². The van der Waals surface area contributed by atoms with E-state index in [1.807, 2.05) is 0 Å². The summed E-state index contributed by atoms with van der Waals surface area (Å²) in [5.74, 6) is -0.0874. The van der Waals surface area contributed by atoms with E-state index in [9.17, 15) is 4.79 Å². The average molecular weight is 228 g/mol. The molecule has 1 aliphatic rings. The molecule has 82 valence electrons. The number of carbonyl (C=O) groups excluding carboxylic acids is 1. The molecule has 0 aliphatic carbocycles. The molecular formula is C10H14ClN3O. The molecule has 15 heavy (non-hydrogen) atoms. The molecule has 2 heterocycles. The molecule has 1 aromatic heterocycles. The summed E-state index contributed by atoms with van der Waals surface area (Å²) in [6, 6.07) is 1.86. The lowest BCUT2D eigenvalue weighted by atomic mass is 10.1. The molecule has 0 spiro atoms. The standard InChI is InChI=1S/C10H14ClN3O/c11-7-4-9(13-5-7)10(15)14-8-2-1-3-12-6-8/h4-5,8,12-13H,1-3,6H2,(H,14,15). The van der Waals surface area contributed by atoms with Gasteiger partial charge in [-0.2, -0.15) is 0 Å². The maximum absolute atomic E-state index is 11.7. The third-order valence-corrected chi connectivity index (χ3v) is 2.74. The van der Waals surface area contributed by atoms with Gasteiger partial charge in [0.05, 0.1) is 5.02 Å². The van der Waals surface area contributed by atoms with E-state index in [0.29, 0.717) is 10.7 Å². The van der Waals surface area contributed by atoms with Crippen molar-refractivity contribution in [1.82, 2.24) is 15.6 Å². The van der Waals surface area contributed by atoms with Gasteiger partial charge in [0, 0.05) is 18.8 Å². The molecule has 0 saturated carbocycles. The Kier molecular flexibility index (Phi) is 3.28. The van der Waals surface area contributed by atoms with Gasteiger partial charge in [-0.15, -0.1) is 0 Å². The van der Waals surface area contributed by atoms with Crippen molar-refractivity contribution in [3.05, 3.63) is 23.0 Å². The largest absolute Gasteiger partial charge is 0.356 e. The SMILES string of the molecule is O=C(NC1CCCNC1)c1cc(Cl)c[nH]1. The highest BCUT2D eigenvalue weighted by molar-refractivity contribution is 6.30. The van der Waals surface area contributed by atoms with Crippen LogP contribution in [0.5, 0.6) is 0 Å². The van der Waals surface area contributed by atoms with Crippen LogP contribution in [0, 0.1) is 0 Å². The number of halogens is 1. The van der Waals surface area contributed by atoms with Crippen LogP contribution in [0.15, 0.2) is 12.3 Å². The molecule has 1 fully saturated rings. The van der Waals surface area contributed by atoms with Crippen molar-refractivity contribution in [3.63, 3.8) is 0 Å². The zero-order chi connectivity index (χ0) is 10.7. The number of hydrogen-bond donors (Lipinski definition) is 3. The number of H-pyrrole nitrogens is 1. The summed E-state index contributed by atoms with van der Waals surface area (Å²) in [7, 11) is 0. The van der Waals surface area contributed by atoms with Crippen molar-refractivity contribution in [2.75, 3.05) is 13.1 Å². The smallest absolute Gasteiger partial charge is 0.268 e. The Morgan fingerprint density at radius 1 is 1.60 bits per heavy atom. The van der Waals surface area contributed by atoms with Gasteiger partial charge in [-0.25, -0.2) is 0 Å². The molecule has 0 aromatic carbocycles. The van der Waals surface area contributed by atoms with Crippen molar-refractivity contribution >= 4 is 17.5 Å². The zero-order valence-electron chi connectivity index (χ0n) is 8.35. The van der Waals surface area contributed by atoms with Crippen LogP contribution in [0.1, 0.15) is 23.3 Å². The first-order valence-corrected chi connectivity index (χ1v) is 5.49. The Morgan fingerprint density at radius 2 is 2.47 bits per heavy atom. The summed E-state index contributed by atoms with van der Waals surface area (Å²) >= 11 is 5.72. The molecule has 1 aliphatic heterocycles.